The molecular weight excluding hydrogens is 364 g/mol. The summed E-state index contributed by atoms with van der Waals surface area (Å²) >= 11 is 0. The molecule has 0 bridgehead atoms. The number of nitrogens with zero attached hydrogens (tertiary/aromatic N) is 1. The van der Waals surface area contributed by atoms with Gasteiger partial charge in [0.25, 0.3) is 10.0 Å². The second kappa shape index (κ2) is 7.15. The molecule has 1 heterocycles. The maximum Gasteiger partial charge on any atom is 0.267 e. The van der Waals surface area contributed by atoms with Gasteiger partial charge in [0.2, 0.25) is 11.8 Å². The summed E-state index contributed by atoms with van der Waals surface area (Å²) in [4.78, 5) is 25.1. The van der Waals surface area contributed by atoms with Gasteiger partial charge in [0.05, 0.1) is 4.90 Å². The molecule has 2 aromatic carbocycles. The van der Waals surface area contributed by atoms with Crippen molar-refractivity contribution < 1.29 is 18.0 Å². The van der Waals surface area contributed by atoms with Gasteiger partial charge in [-0.2, -0.15) is 0 Å². The maximum atomic E-state index is 13.0. The van der Waals surface area contributed by atoms with E-state index >= 15 is 0 Å². The molecule has 0 spiro atoms. The third-order valence-corrected chi connectivity index (χ3v) is 6.52. The number of nitrogens with one attached hydrogen (secondary N) is 1. The SMILES string of the molecule is Cc1ccc(S(=O)(=O)N2C(=O)CC[C@H]2C(=O)Nc2ccc(C)cc2C)cc1. The average Bonchev–Trinajstić information content (AvgIpc) is 3.00. The van der Waals surface area contributed by atoms with Gasteiger partial charge in [0, 0.05) is 12.1 Å². The van der Waals surface area contributed by atoms with Gasteiger partial charge >= 0.3 is 0 Å². The summed E-state index contributed by atoms with van der Waals surface area (Å²) in [6, 6.07) is 10.8. The Morgan fingerprint density at radius 1 is 1.04 bits per heavy atom. The number of carbonyl (C=O) groups excluding carboxylic acids is 2. The van der Waals surface area contributed by atoms with Crippen LogP contribution < -0.4 is 5.32 Å². The normalized spacial score (nSPS) is 17.2. The molecule has 0 radical (unpaired) electrons. The molecule has 2 aromatic rings. The van der Waals surface area contributed by atoms with Gasteiger partial charge in [-0.3, -0.25) is 9.59 Å². The van der Waals surface area contributed by atoms with E-state index in [-0.39, 0.29) is 17.7 Å². The van der Waals surface area contributed by atoms with Crippen LogP contribution in [0.3, 0.4) is 0 Å². The molecule has 142 valence electrons. The first-order valence-electron chi connectivity index (χ1n) is 8.72. The van der Waals surface area contributed by atoms with Gasteiger partial charge in [-0.1, -0.05) is 35.4 Å². The number of amides is 2. The Bertz CT molecular complexity index is 997. The van der Waals surface area contributed by atoms with Crippen molar-refractivity contribution in [2.45, 2.75) is 44.6 Å². The lowest BCUT2D eigenvalue weighted by Crippen LogP contribution is -2.45. The van der Waals surface area contributed by atoms with Crippen molar-refractivity contribution in [3.63, 3.8) is 0 Å². The lowest BCUT2D eigenvalue weighted by Gasteiger charge is -2.24. The maximum absolute atomic E-state index is 13.0. The van der Waals surface area contributed by atoms with Crippen molar-refractivity contribution in [1.82, 2.24) is 4.31 Å². The third kappa shape index (κ3) is 3.73. The van der Waals surface area contributed by atoms with Crippen LogP contribution in [0.2, 0.25) is 0 Å². The van der Waals surface area contributed by atoms with Crippen molar-refractivity contribution in [3.8, 4) is 0 Å². The first-order chi connectivity index (χ1) is 12.7. The summed E-state index contributed by atoms with van der Waals surface area (Å²) in [6.45, 7) is 5.66. The predicted molar refractivity (Wildman–Crippen MR) is 103 cm³/mol. The molecule has 0 saturated carbocycles. The van der Waals surface area contributed by atoms with Crippen LogP contribution in [0.25, 0.3) is 0 Å². The van der Waals surface area contributed by atoms with E-state index in [4.69, 9.17) is 0 Å². The molecule has 0 unspecified atom stereocenters. The van der Waals surface area contributed by atoms with Gasteiger partial charge in [0.1, 0.15) is 6.04 Å². The number of carbonyl (C=O) groups is 2. The number of rotatable bonds is 4. The van der Waals surface area contributed by atoms with Crippen LogP contribution in [0.4, 0.5) is 5.69 Å². The minimum atomic E-state index is -4.09. The highest BCUT2D eigenvalue weighted by atomic mass is 32.2. The fourth-order valence-corrected chi connectivity index (χ4v) is 4.80. The van der Waals surface area contributed by atoms with E-state index in [1.807, 2.05) is 32.9 Å². The highest BCUT2D eigenvalue weighted by Crippen LogP contribution is 2.28. The number of hydrogen-bond donors (Lipinski definition) is 1. The first-order valence-corrected chi connectivity index (χ1v) is 10.2. The van der Waals surface area contributed by atoms with Crippen LogP contribution >= 0.6 is 0 Å². The van der Waals surface area contributed by atoms with Crippen molar-refractivity contribution in [2.24, 2.45) is 0 Å². The molecule has 1 saturated heterocycles. The number of benzene rings is 2. The van der Waals surface area contributed by atoms with Crippen LogP contribution in [0.5, 0.6) is 0 Å². The second-order valence-electron chi connectivity index (χ2n) is 6.87. The van der Waals surface area contributed by atoms with Crippen molar-refractivity contribution >= 4 is 27.5 Å². The summed E-state index contributed by atoms with van der Waals surface area (Å²) < 4.78 is 26.7. The van der Waals surface area contributed by atoms with Gasteiger partial charge in [-0.15, -0.1) is 0 Å². The largest absolute Gasteiger partial charge is 0.324 e. The topological polar surface area (TPSA) is 83.6 Å². The van der Waals surface area contributed by atoms with Crippen LogP contribution in [-0.4, -0.2) is 30.6 Å². The molecular formula is C20H22N2O4S. The zero-order chi connectivity index (χ0) is 19.8. The predicted octanol–water partition coefficient (Wildman–Crippen LogP) is 2.93. The molecule has 2 amide bonds. The van der Waals surface area contributed by atoms with E-state index in [9.17, 15) is 18.0 Å². The van der Waals surface area contributed by atoms with E-state index in [2.05, 4.69) is 5.32 Å². The Morgan fingerprint density at radius 2 is 1.67 bits per heavy atom. The van der Waals surface area contributed by atoms with Gasteiger partial charge in [-0.05, 0) is 51.0 Å². The molecule has 27 heavy (non-hydrogen) atoms. The highest BCUT2D eigenvalue weighted by Gasteiger charge is 2.44. The smallest absolute Gasteiger partial charge is 0.267 e. The molecule has 1 fully saturated rings. The fraction of sp³-hybridized carbons (Fsp3) is 0.300. The van der Waals surface area contributed by atoms with Gasteiger partial charge in [0.15, 0.2) is 0 Å². The van der Waals surface area contributed by atoms with Crippen molar-refractivity contribution in [3.05, 3.63) is 59.2 Å². The summed E-state index contributed by atoms with van der Waals surface area (Å²) in [5.74, 6) is -1.06. The third-order valence-electron chi connectivity index (χ3n) is 4.68. The number of hydrogen-bond acceptors (Lipinski definition) is 4. The Hall–Kier alpha value is -2.67. The quantitative estimate of drug-likeness (QED) is 0.876. The van der Waals surface area contributed by atoms with E-state index in [0.29, 0.717) is 5.69 Å². The zero-order valence-corrected chi connectivity index (χ0v) is 16.3. The second-order valence-corrected chi connectivity index (χ2v) is 8.68. The zero-order valence-electron chi connectivity index (χ0n) is 15.5. The molecule has 6 nitrogen and oxygen atoms in total. The molecule has 1 atom stereocenters. The van der Waals surface area contributed by atoms with E-state index in [0.717, 1.165) is 21.0 Å². The molecule has 0 aromatic heterocycles. The van der Waals surface area contributed by atoms with Gasteiger partial charge < -0.3 is 5.32 Å². The summed E-state index contributed by atoms with van der Waals surface area (Å²) in [5, 5.41) is 2.77. The lowest BCUT2D eigenvalue weighted by atomic mass is 10.1. The van der Waals surface area contributed by atoms with Crippen molar-refractivity contribution in [1.29, 1.82) is 0 Å². The number of sulfonamides is 1. The van der Waals surface area contributed by atoms with Crippen LogP contribution in [0, 0.1) is 20.8 Å². The van der Waals surface area contributed by atoms with Gasteiger partial charge in [-0.25, -0.2) is 12.7 Å². The van der Waals surface area contributed by atoms with Crippen molar-refractivity contribution in [2.75, 3.05) is 5.32 Å². The summed E-state index contributed by atoms with van der Waals surface area (Å²) in [6.07, 6.45) is 0.191. The molecule has 0 aliphatic carbocycles. The standard InChI is InChI=1S/C20H22N2O4S/c1-13-4-7-16(8-5-13)27(25,26)22-18(10-11-19(22)23)20(24)21-17-9-6-14(2)12-15(17)3/h4-9,12,18H,10-11H2,1-3H3,(H,21,24)/t18-/m0/s1. The Balaban J connectivity index is 1.89. The Labute approximate surface area is 159 Å². The molecule has 1 aliphatic heterocycles. The highest BCUT2D eigenvalue weighted by molar-refractivity contribution is 7.89. The molecule has 1 aliphatic rings. The van der Waals surface area contributed by atoms with Crippen LogP contribution in [0.1, 0.15) is 29.5 Å². The number of aryl methyl sites for hydroxylation is 3. The van der Waals surface area contributed by atoms with Crippen LogP contribution in [-0.2, 0) is 19.6 Å². The van der Waals surface area contributed by atoms with E-state index in [1.54, 1.807) is 18.2 Å². The molecule has 7 heteroatoms. The van der Waals surface area contributed by atoms with E-state index in [1.165, 1.54) is 12.1 Å². The number of anilines is 1. The Morgan fingerprint density at radius 3 is 2.30 bits per heavy atom. The average molecular weight is 386 g/mol. The Kier molecular flexibility index (Phi) is 5.06. The van der Waals surface area contributed by atoms with E-state index < -0.39 is 27.9 Å². The monoisotopic (exact) mass is 386 g/mol. The lowest BCUT2D eigenvalue weighted by molar-refractivity contribution is -0.128. The minimum Gasteiger partial charge on any atom is -0.324 e. The minimum absolute atomic E-state index is 0.00710. The molecule has 3 rings (SSSR count). The summed E-state index contributed by atoms with van der Waals surface area (Å²) in [5.41, 5.74) is 3.45. The fourth-order valence-electron chi connectivity index (χ4n) is 3.19. The van der Waals surface area contributed by atoms with Crippen LogP contribution in [0.15, 0.2) is 47.4 Å². The molecule has 1 N–H and O–H groups in total. The summed E-state index contributed by atoms with van der Waals surface area (Å²) in [7, 11) is -4.09. The first kappa shape index (κ1) is 19.1.